The number of piperidine rings is 1. The summed E-state index contributed by atoms with van der Waals surface area (Å²) >= 11 is 0. The first-order valence-corrected chi connectivity index (χ1v) is 8.59. The van der Waals surface area contributed by atoms with Gasteiger partial charge in [-0.15, -0.1) is 0 Å². The molecule has 2 saturated heterocycles. The molecule has 6 heteroatoms. The molecular formula is C17H25N5O. The maximum atomic E-state index is 12.3. The Labute approximate surface area is 136 Å². The molecule has 0 amide bonds. The predicted molar refractivity (Wildman–Crippen MR) is 91.4 cm³/mol. The molecule has 0 saturated carbocycles. The molecule has 6 nitrogen and oxygen atoms in total. The highest BCUT2D eigenvalue weighted by molar-refractivity contribution is 5.75. The van der Waals surface area contributed by atoms with Gasteiger partial charge in [0.25, 0.3) is 0 Å². The SMILES string of the molecule is CN1CCC(CN2CCC(n3c(=O)[nH]c4ccccc43)CC2)N1. The van der Waals surface area contributed by atoms with Crippen LogP contribution in [-0.4, -0.2) is 58.7 Å². The topological polar surface area (TPSA) is 56.3 Å². The van der Waals surface area contributed by atoms with Crippen molar-refractivity contribution < 1.29 is 0 Å². The highest BCUT2D eigenvalue weighted by Crippen LogP contribution is 2.25. The molecule has 23 heavy (non-hydrogen) atoms. The molecule has 1 unspecified atom stereocenters. The lowest BCUT2D eigenvalue weighted by Crippen LogP contribution is -2.44. The number of para-hydroxylation sites is 2. The van der Waals surface area contributed by atoms with Crippen molar-refractivity contribution in [1.29, 1.82) is 0 Å². The molecule has 2 N–H and O–H groups in total. The number of hydrogen-bond donors (Lipinski definition) is 2. The normalized spacial score (nSPS) is 24.7. The summed E-state index contributed by atoms with van der Waals surface area (Å²) < 4.78 is 1.97. The van der Waals surface area contributed by atoms with Crippen LogP contribution in [0.25, 0.3) is 11.0 Å². The lowest BCUT2D eigenvalue weighted by atomic mass is 10.0. The third kappa shape index (κ3) is 2.94. The van der Waals surface area contributed by atoms with Crippen molar-refractivity contribution >= 4 is 11.0 Å². The van der Waals surface area contributed by atoms with Gasteiger partial charge in [-0.3, -0.25) is 9.99 Å². The largest absolute Gasteiger partial charge is 0.326 e. The summed E-state index contributed by atoms with van der Waals surface area (Å²) in [6.07, 6.45) is 3.31. The zero-order chi connectivity index (χ0) is 15.8. The van der Waals surface area contributed by atoms with Crippen molar-refractivity contribution in [2.45, 2.75) is 31.3 Å². The lowest BCUT2D eigenvalue weighted by molar-refractivity contribution is 0.163. The Balaban J connectivity index is 1.43. The molecule has 4 rings (SSSR count). The Bertz CT molecular complexity index is 728. The van der Waals surface area contributed by atoms with Gasteiger partial charge in [0.15, 0.2) is 0 Å². The Morgan fingerprint density at radius 1 is 1.13 bits per heavy atom. The number of likely N-dealkylation sites (tertiary alicyclic amines) is 1. The summed E-state index contributed by atoms with van der Waals surface area (Å²) in [6, 6.07) is 8.88. The van der Waals surface area contributed by atoms with Crippen molar-refractivity contribution in [1.82, 2.24) is 24.9 Å². The second kappa shape index (κ2) is 6.11. The summed E-state index contributed by atoms with van der Waals surface area (Å²) in [4.78, 5) is 17.8. The van der Waals surface area contributed by atoms with Crippen LogP contribution in [0.3, 0.4) is 0 Å². The van der Waals surface area contributed by atoms with E-state index in [9.17, 15) is 4.79 Å². The Morgan fingerprint density at radius 3 is 2.65 bits per heavy atom. The number of hydrogen-bond acceptors (Lipinski definition) is 4. The molecule has 1 aromatic carbocycles. The number of nitrogens with zero attached hydrogens (tertiary/aromatic N) is 3. The summed E-state index contributed by atoms with van der Waals surface area (Å²) in [7, 11) is 2.11. The highest BCUT2D eigenvalue weighted by atomic mass is 16.1. The number of aromatic amines is 1. The first-order chi connectivity index (χ1) is 11.2. The summed E-state index contributed by atoms with van der Waals surface area (Å²) in [5, 5.41) is 2.18. The molecule has 2 aromatic rings. The highest BCUT2D eigenvalue weighted by Gasteiger charge is 2.26. The zero-order valence-electron chi connectivity index (χ0n) is 13.7. The molecule has 0 bridgehead atoms. The van der Waals surface area contributed by atoms with E-state index in [-0.39, 0.29) is 5.69 Å². The van der Waals surface area contributed by atoms with E-state index in [1.165, 1.54) is 6.42 Å². The Kier molecular flexibility index (Phi) is 3.97. The number of benzene rings is 1. The van der Waals surface area contributed by atoms with Gasteiger partial charge in [0, 0.05) is 45.3 Å². The van der Waals surface area contributed by atoms with Crippen molar-refractivity contribution in [2.75, 3.05) is 33.2 Å². The molecule has 124 valence electrons. The molecule has 3 heterocycles. The van der Waals surface area contributed by atoms with Gasteiger partial charge in [-0.05, 0) is 31.4 Å². The van der Waals surface area contributed by atoms with Crippen LogP contribution in [0.5, 0.6) is 0 Å². The average molecular weight is 315 g/mol. The monoisotopic (exact) mass is 315 g/mol. The molecule has 0 radical (unpaired) electrons. The molecule has 1 atom stereocenters. The summed E-state index contributed by atoms with van der Waals surface area (Å²) in [5.74, 6) is 0. The number of H-pyrrole nitrogens is 1. The lowest BCUT2D eigenvalue weighted by Gasteiger charge is -2.34. The van der Waals surface area contributed by atoms with Crippen LogP contribution < -0.4 is 11.1 Å². The molecule has 0 aliphatic carbocycles. The summed E-state index contributed by atoms with van der Waals surface area (Å²) in [5.41, 5.74) is 5.52. The number of hydrazine groups is 1. The van der Waals surface area contributed by atoms with Crippen LogP contribution in [0.15, 0.2) is 29.1 Å². The Morgan fingerprint density at radius 2 is 1.91 bits per heavy atom. The van der Waals surface area contributed by atoms with Crippen LogP contribution in [0.1, 0.15) is 25.3 Å². The van der Waals surface area contributed by atoms with E-state index in [0.29, 0.717) is 12.1 Å². The smallest absolute Gasteiger partial charge is 0.306 e. The van der Waals surface area contributed by atoms with Crippen LogP contribution in [-0.2, 0) is 0 Å². The standard InChI is InChI=1S/C17H25N5O/c1-20-9-6-13(19-20)12-21-10-7-14(8-11-21)22-16-5-3-2-4-15(16)18-17(22)23/h2-5,13-14,19H,6-12H2,1H3,(H,18,23). The van der Waals surface area contributed by atoms with Gasteiger partial charge < -0.3 is 9.88 Å². The minimum Gasteiger partial charge on any atom is -0.306 e. The van der Waals surface area contributed by atoms with Crippen molar-refractivity contribution in [3.63, 3.8) is 0 Å². The van der Waals surface area contributed by atoms with E-state index in [4.69, 9.17) is 0 Å². The minimum absolute atomic E-state index is 0.0312. The first-order valence-electron chi connectivity index (χ1n) is 8.59. The molecule has 1 aromatic heterocycles. The van der Waals surface area contributed by atoms with E-state index in [1.54, 1.807) is 0 Å². The summed E-state index contributed by atoms with van der Waals surface area (Å²) in [6.45, 7) is 4.38. The quantitative estimate of drug-likeness (QED) is 0.893. The number of imidazole rings is 1. The molecule has 2 aliphatic rings. The van der Waals surface area contributed by atoms with Crippen molar-refractivity contribution in [3.8, 4) is 0 Å². The van der Waals surface area contributed by atoms with Crippen molar-refractivity contribution in [2.24, 2.45) is 0 Å². The molecular weight excluding hydrogens is 290 g/mol. The van der Waals surface area contributed by atoms with Crippen LogP contribution in [0.4, 0.5) is 0 Å². The first kappa shape index (κ1) is 14.9. The van der Waals surface area contributed by atoms with E-state index in [2.05, 4.69) is 27.4 Å². The predicted octanol–water partition coefficient (Wildman–Crippen LogP) is 1.18. The maximum Gasteiger partial charge on any atom is 0.326 e. The van der Waals surface area contributed by atoms with Crippen LogP contribution in [0.2, 0.25) is 0 Å². The van der Waals surface area contributed by atoms with E-state index < -0.39 is 0 Å². The number of aromatic nitrogens is 2. The van der Waals surface area contributed by atoms with Gasteiger partial charge in [0.1, 0.15) is 0 Å². The van der Waals surface area contributed by atoms with Crippen LogP contribution in [0, 0.1) is 0 Å². The minimum atomic E-state index is 0.0312. The maximum absolute atomic E-state index is 12.3. The second-order valence-corrected chi connectivity index (χ2v) is 6.89. The van der Waals surface area contributed by atoms with Crippen molar-refractivity contribution in [3.05, 3.63) is 34.7 Å². The third-order valence-corrected chi connectivity index (χ3v) is 5.24. The number of rotatable bonds is 3. The van der Waals surface area contributed by atoms with Crippen LogP contribution >= 0.6 is 0 Å². The van der Waals surface area contributed by atoms with Gasteiger partial charge in [0.2, 0.25) is 0 Å². The third-order valence-electron chi connectivity index (χ3n) is 5.24. The molecule has 0 spiro atoms. The fraction of sp³-hybridized carbons (Fsp3) is 0.588. The zero-order valence-corrected chi connectivity index (χ0v) is 13.7. The Hall–Kier alpha value is -1.63. The molecule has 2 aliphatic heterocycles. The average Bonchev–Trinajstić information content (AvgIpc) is 3.10. The second-order valence-electron chi connectivity index (χ2n) is 6.89. The van der Waals surface area contributed by atoms with Gasteiger partial charge in [0.05, 0.1) is 11.0 Å². The van der Waals surface area contributed by atoms with Gasteiger partial charge in [-0.1, -0.05) is 12.1 Å². The van der Waals surface area contributed by atoms with Gasteiger partial charge in [-0.2, -0.15) is 0 Å². The fourth-order valence-corrected chi connectivity index (χ4v) is 4.03. The van der Waals surface area contributed by atoms with E-state index in [0.717, 1.165) is 50.1 Å². The van der Waals surface area contributed by atoms with Gasteiger partial charge >= 0.3 is 5.69 Å². The molecule has 2 fully saturated rings. The number of nitrogens with one attached hydrogen (secondary N) is 2. The fourth-order valence-electron chi connectivity index (χ4n) is 4.03. The van der Waals surface area contributed by atoms with E-state index >= 15 is 0 Å². The van der Waals surface area contributed by atoms with Gasteiger partial charge in [-0.25, -0.2) is 9.80 Å². The van der Waals surface area contributed by atoms with E-state index in [1.807, 2.05) is 28.8 Å². The number of fused-ring (bicyclic) bond motifs is 1.